The summed E-state index contributed by atoms with van der Waals surface area (Å²) in [4.78, 5) is 4.57. The molecular formula is C22H27Cl2FN2O. The molecule has 0 amide bonds. The summed E-state index contributed by atoms with van der Waals surface area (Å²) in [5, 5.41) is 12.2. The van der Waals surface area contributed by atoms with Crippen LogP contribution in [0, 0.1) is 5.82 Å². The first kappa shape index (κ1) is 21.5. The van der Waals surface area contributed by atoms with Crippen LogP contribution < -0.4 is 0 Å². The number of nitrogens with zero attached hydrogens (tertiary/aromatic N) is 2. The number of piperidine rings is 1. The van der Waals surface area contributed by atoms with Crippen molar-refractivity contribution in [2.75, 3.05) is 33.7 Å². The first-order valence-electron chi connectivity index (χ1n) is 9.61. The zero-order chi connectivity index (χ0) is 20.3. The van der Waals surface area contributed by atoms with Crippen LogP contribution in [0.4, 0.5) is 4.39 Å². The molecule has 0 aliphatic carbocycles. The van der Waals surface area contributed by atoms with E-state index < -0.39 is 5.60 Å². The smallest absolute Gasteiger partial charge is 0.123 e. The van der Waals surface area contributed by atoms with Gasteiger partial charge < -0.3 is 10.0 Å². The van der Waals surface area contributed by atoms with Crippen LogP contribution in [0.15, 0.2) is 42.5 Å². The Morgan fingerprint density at radius 2 is 1.71 bits per heavy atom. The SMILES string of the molecule is CN(C)CCC(c1ccc(Cl)c(Cl)c1)N1CCC(O)(c2ccc(F)cc2)CC1. The zero-order valence-electron chi connectivity index (χ0n) is 16.3. The van der Waals surface area contributed by atoms with Crippen LogP contribution in [0.5, 0.6) is 0 Å². The summed E-state index contributed by atoms with van der Waals surface area (Å²) in [5.41, 5.74) is 1.02. The molecule has 28 heavy (non-hydrogen) atoms. The van der Waals surface area contributed by atoms with Crippen LogP contribution in [0.1, 0.15) is 36.4 Å². The Bertz CT molecular complexity index is 790. The van der Waals surface area contributed by atoms with Gasteiger partial charge in [-0.3, -0.25) is 4.90 Å². The van der Waals surface area contributed by atoms with Gasteiger partial charge in [0.2, 0.25) is 0 Å². The summed E-state index contributed by atoms with van der Waals surface area (Å²) < 4.78 is 13.2. The fourth-order valence-corrected chi connectivity index (χ4v) is 4.22. The van der Waals surface area contributed by atoms with E-state index in [1.54, 1.807) is 12.1 Å². The maximum atomic E-state index is 13.2. The normalized spacial score (nSPS) is 18.4. The summed E-state index contributed by atoms with van der Waals surface area (Å²) in [6.45, 7) is 2.46. The van der Waals surface area contributed by atoms with Crippen LogP contribution in [0.2, 0.25) is 10.0 Å². The van der Waals surface area contributed by atoms with Crippen molar-refractivity contribution in [3.63, 3.8) is 0 Å². The molecule has 0 bridgehead atoms. The Morgan fingerprint density at radius 1 is 1.07 bits per heavy atom. The van der Waals surface area contributed by atoms with E-state index in [2.05, 4.69) is 23.9 Å². The molecule has 0 radical (unpaired) electrons. The van der Waals surface area contributed by atoms with E-state index in [-0.39, 0.29) is 11.9 Å². The molecule has 1 heterocycles. The molecule has 1 unspecified atom stereocenters. The second kappa shape index (κ2) is 9.10. The van der Waals surface area contributed by atoms with E-state index in [1.165, 1.54) is 12.1 Å². The summed E-state index contributed by atoms with van der Waals surface area (Å²) in [7, 11) is 4.13. The van der Waals surface area contributed by atoms with Crippen molar-refractivity contribution in [3.05, 3.63) is 69.5 Å². The molecule has 2 aromatic rings. The quantitative estimate of drug-likeness (QED) is 0.697. The van der Waals surface area contributed by atoms with Crippen molar-refractivity contribution in [1.29, 1.82) is 0 Å². The molecular weight excluding hydrogens is 398 g/mol. The molecule has 3 nitrogen and oxygen atoms in total. The highest BCUT2D eigenvalue weighted by atomic mass is 35.5. The molecule has 152 valence electrons. The van der Waals surface area contributed by atoms with E-state index in [4.69, 9.17) is 23.2 Å². The Morgan fingerprint density at radius 3 is 2.29 bits per heavy atom. The summed E-state index contributed by atoms with van der Waals surface area (Å²) in [5.74, 6) is -0.284. The molecule has 0 saturated carbocycles. The fraction of sp³-hybridized carbons (Fsp3) is 0.455. The highest BCUT2D eigenvalue weighted by Gasteiger charge is 2.36. The molecule has 1 aliphatic rings. The van der Waals surface area contributed by atoms with Gasteiger partial charge in [-0.15, -0.1) is 0 Å². The van der Waals surface area contributed by atoms with Gasteiger partial charge in [0.05, 0.1) is 15.6 Å². The molecule has 0 aromatic heterocycles. The van der Waals surface area contributed by atoms with Gasteiger partial charge in [0.25, 0.3) is 0 Å². The van der Waals surface area contributed by atoms with Gasteiger partial charge in [-0.25, -0.2) is 4.39 Å². The topological polar surface area (TPSA) is 26.7 Å². The molecule has 1 N–H and O–H groups in total. The average Bonchev–Trinajstić information content (AvgIpc) is 2.66. The summed E-state index contributed by atoms with van der Waals surface area (Å²) >= 11 is 12.4. The standard InChI is InChI=1S/C22H27Cl2FN2O/c1-26(2)12-9-21(16-3-8-19(23)20(24)15-16)27-13-10-22(28,11-14-27)17-4-6-18(25)7-5-17/h3-8,15,21,28H,9-14H2,1-2H3. The number of benzene rings is 2. The van der Waals surface area contributed by atoms with Gasteiger partial charge in [0, 0.05) is 19.1 Å². The van der Waals surface area contributed by atoms with Crippen LogP contribution in [-0.2, 0) is 5.60 Å². The average molecular weight is 425 g/mol. The van der Waals surface area contributed by atoms with Crippen molar-refractivity contribution in [1.82, 2.24) is 9.80 Å². The minimum Gasteiger partial charge on any atom is -0.385 e. The van der Waals surface area contributed by atoms with Crippen LogP contribution in [0.3, 0.4) is 0 Å². The first-order valence-corrected chi connectivity index (χ1v) is 10.4. The Kier molecular flexibility index (Phi) is 7.00. The maximum Gasteiger partial charge on any atom is 0.123 e. The second-order valence-electron chi connectivity index (χ2n) is 7.86. The Balaban J connectivity index is 1.76. The fourth-order valence-electron chi connectivity index (χ4n) is 3.91. The third-order valence-electron chi connectivity index (χ3n) is 5.63. The summed E-state index contributed by atoms with van der Waals surface area (Å²) in [6, 6.07) is 12.2. The highest BCUT2D eigenvalue weighted by Crippen LogP contribution is 2.38. The van der Waals surface area contributed by atoms with Crippen molar-refractivity contribution in [2.24, 2.45) is 0 Å². The van der Waals surface area contributed by atoms with Crippen LogP contribution >= 0.6 is 23.2 Å². The molecule has 3 rings (SSSR count). The van der Waals surface area contributed by atoms with Crippen LogP contribution in [0.25, 0.3) is 0 Å². The van der Waals surface area contributed by atoms with Crippen LogP contribution in [-0.4, -0.2) is 48.6 Å². The number of rotatable bonds is 6. The third kappa shape index (κ3) is 5.05. The van der Waals surface area contributed by atoms with E-state index in [9.17, 15) is 9.50 Å². The molecule has 1 saturated heterocycles. The van der Waals surface area contributed by atoms with E-state index in [0.29, 0.717) is 22.9 Å². The molecule has 1 aliphatic heterocycles. The lowest BCUT2D eigenvalue weighted by atomic mass is 9.83. The van der Waals surface area contributed by atoms with E-state index in [0.717, 1.165) is 37.2 Å². The van der Waals surface area contributed by atoms with Gasteiger partial charge in [-0.05, 0) is 75.3 Å². The zero-order valence-corrected chi connectivity index (χ0v) is 17.8. The Hall–Kier alpha value is -1.17. The van der Waals surface area contributed by atoms with Crippen molar-refractivity contribution >= 4 is 23.2 Å². The Labute approximate surface area is 176 Å². The van der Waals surface area contributed by atoms with Gasteiger partial charge in [-0.1, -0.05) is 41.4 Å². The minimum absolute atomic E-state index is 0.204. The van der Waals surface area contributed by atoms with E-state index >= 15 is 0 Å². The third-order valence-corrected chi connectivity index (χ3v) is 6.36. The lowest BCUT2D eigenvalue weighted by Crippen LogP contribution is -2.44. The molecule has 2 aromatic carbocycles. The number of hydrogen-bond donors (Lipinski definition) is 1. The lowest BCUT2D eigenvalue weighted by molar-refractivity contribution is -0.0375. The predicted molar refractivity (Wildman–Crippen MR) is 113 cm³/mol. The van der Waals surface area contributed by atoms with Crippen molar-refractivity contribution in [2.45, 2.75) is 30.9 Å². The molecule has 0 spiro atoms. The predicted octanol–water partition coefficient (Wildman–Crippen LogP) is 5.11. The number of aliphatic hydroxyl groups is 1. The largest absolute Gasteiger partial charge is 0.385 e. The number of likely N-dealkylation sites (tertiary alicyclic amines) is 1. The van der Waals surface area contributed by atoms with Gasteiger partial charge in [0.1, 0.15) is 5.82 Å². The van der Waals surface area contributed by atoms with Crippen molar-refractivity contribution in [3.8, 4) is 0 Å². The number of hydrogen-bond acceptors (Lipinski definition) is 3. The van der Waals surface area contributed by atoms with Gasteiger partial charge >= 0.3 is 0 Å². The summed E-state index contributed by atoms with van der Waals surface area (Å²) in [6.07, 6.45) is 2.18. The van der Waals surface area contributed by atoms with E-state index in [1.807, 2.05) is 18.2 Å². The maximum absolute atomic E-state index is 13.2. The molecule has 6 heteroatoms. The van der Waals surface area contributed by atoms with Gasteiger partial charge in [0.15, 0.2) is 0 Å². The first-order chi connectivity index (χ1) is 13.3. The second-order valence-corrected chi connectivity index (χ2v) is 8.67. The number of halogens is 3. The highest BCUT2D eigenvalue weighted by molar-refractivity contribution is 6.42. The molecule has 1 fully saturated rings. The van der Waals surface area contributed by atoms with Crippen molar-refractivity contribution < 1.29 is 9.50 Å². The molecule has 1 atom stereocenters. The lowest BCUT2D eigenvalue weighted by Gasteiger charge is -2.42. The minimum atomic E-state index is -0.909. The van der Waals surface area contributed by atoms with Gasteiger partial charge in [-0.2, -0.15) is 0 Å². The monoisotopic (exact) mass is 424 g/mol.